The minimum absolute atomic E-state index is 0.502. The normalized spacial score (nSPS) is 15.1. The molecule has 1 fully saturated rings. The molecule has 5 nitrogen and oxygen atoms in total. The van der Waals surface area contributed by atoms with Crippen LogP contribution in [0.2, 0.25) is 0 Å². The van der Waals surface area contributed by atoms with Crippen LogP contribution in [-0.4, -0.2) is 16.6 Å². The Kier molecular flexibility index (Phi) is 3.01. The molecule has 1 saturated carbocycles. The van der Waals surface area contributed by atoms with E-state index in [-0.39, 0.29) is 0 Å². The van der Waals surface area contributed by atoms with Crippen LogP contribution in [0, 0.1) is 0 Å². The van der Waals surface area contributed by atoms with E-state index < -0.39 is 0 Å². The van der Waals surface area contributed by atoms with Gasteiger partial charge in [-0.3, -0.25) is 0 Å². The number of rotatable bonds is 5. The third-order valence-corrected chi connectivity index (χ3v) is 2.26. The van der Waals surface area contributed by atoms with E-state index in [1.165, 1.54) is 12.8 Å². The number of hydrazine groups is 1. The Morgan fingerprint density at radius 3 is 2.93 bits per heavy atom. The molecule has 1 aromatic rings. The quantitative estimate of drug-likeness (QED) is 0.565. The first-order valence-corrected chi connectivity index (χ1v) is 5.32. The van der Waals surface area contributed by atoms with Gasteiger partial charge >= 0.3 is 0 Å². The zero-order chi connectivity index (χ0) is 10.7. The van der Waals surface area contributed by atoms with Gasteiger partial charge in [-0.05, 0) is 19.3 Å². The Morgan fingerprint density at radius 2 is 2.33 bits per heavy atom. The van der Waals surface area contributed by atoms with Gasteiger partial charge in [-0.25, -0.2) is 10.8 Å². The Balaban J connectivity index is 2.16. The molecule has 0 saturated heterocycles. The van der Waals surface area contributed by atoms with Crippen molar-refractivity contribution < 1.29 is 4.74 Å². The maximum Gasteiger partial charge on any atom is 0.218 e. The van der Waals surface area contributed by atoms with Crippen LogP contribution < -0.4 is 16.0 Å². The van der Waals surface area contributed by atoms with Crippen molar-refractivity contribution in [2.24, 2.45) is 5.84 Å². The van der Waals surface area contributed by atoms with Crippen molar-refractivity contribution in [2.45, 2.75) is 32.1 Å². The highest BCUT2D eigenvalue weighted by molar-refractivity contribution is 5.38. The van der Waals surface area contributed by atoms with Gasteiger partial charge in [0.2, 0.25) is 5.88 Å². The molecule has 15 heavy (non-hydrogen) atoms. The van der Waals surface area contributed by atoms with Crippen molar-refractivity contribution in [1.82, 2.24) is 9.97 Å². The van der Waals surface area contributed by atoms with E-state index in [0.29, 0.717) is 24.2 Å². The lowest BCUT2D eigenvalue weighted by Crippen LogP contribution is -2.11. The number of ether oxygens (including phenoxy) is 1. The second kappa shape index (κ2) is 4.44. The molecule has 1 aliphatic carbocycles. The summed E-state index contributed by atoms with van der Waals surface area (Å²) in [5.74, 6) is 7.92. The van der Waals surface area contributed by atoms with E-state index in [1.807, 2.05) is 0 Å². The molecule has 0 unspecified atom stereocenters. The highest BCUT2D eigenvalue weighted by Gasteiger charge is 2.27. The zero-order valence-corrected chi connectivity index (χ0v) is 8.86. The summed E-state index contributed by atoms with van der Waals surface area (Å²) in [6, 6.07) is 1.72. The lowest BCUT2D eigenvalue weighted by atomic mass is 10.4. The van der Waals surface area contributed by atoms with Crippen LogP contribution in [0.4, 0.5) is 5.82 Å². The summed E-state index contributed by atoms with van der Waals surface area (Å²) in [5, 5.41) is 0. The summed E-state index contributed by atoms with van der Waals surface area (Å²) in [6.07, 6.45) is 3.30. The summed E-state index contributed by atoms with van der Waals surface area (Å²) in [5.41, 5.74) is 2.54. The van der Waals surface area contributed by atoms with Crippen LogP contribution in [0.25, 0.3) is 0 Å². The van der Waals surface area contributed by atoms with Gasteiger partial charge in [0.05, 0.1) is 6.61 Å². The Bertz CT molecular complexity index is 338. The second-order valence-electron chi connectivity index (χ2n) is 3.72. The Labute approximate surface area is 89.0 Å². The largest absolute Gasteiger partial charge is 0.478 e. The fourth-order valence-electron chi connectivity index (χ4n) is 1.32. The van der Waals surface area contributed by atoms with E-state index in [0.717, 1.165) is 12.2 Å². The van der Waals surface area contributed by atoms with Crippen molar-refractivity contribution in [3.63, 3.8) is 0 Å². The van der Waals surface area contributed by atoms with Gasteiger partial charge in [0.15, 0.2) is 0 Å². The predicted octanol–water partition coefficient (Wildman–Crippen LogP) is 1.43. The highest BCUT2D eigenvalue weighted by Crippen LogP contribution is 2.38. The molecule has 3 N–H and O–H groups in total. The van der Waals surface area contributed by atoms with Gasteiger partial charge in [0.1, 0.15) is 11.6 Å². The molecule has 1 heterocycles. The van der Waals surface area contributed by atoms with Crippen LogP contribution in [0.5, 0.6) is 5.88 Å². The first kappa shape index (κ1) is 10.2. The number of nitrogens with one attached hydrogen (secondary N) is 1. The van der Waals surface area contributed by atoms with Crippen LogP contribution >= 0.6 is 0 Å². The van der Waals surface area contributed by atoms with E-state index in [2.05, 4.69) is 22.3 Å². The summed E-state index contributed by atoms with van der Waals surface area (Å²) in [6.45, 7) is 2.73. The number of hydrogen-bond donors (Lipinski definition) is 2. The summed E-state index contributed by atoms with van der Waals surface area (Å²) < 4.78 is 5.47. The maximum atomic E-state index is 5.47. The molecule has 5 heteroatoms. The van der Waals surface area contributed by atoms with Crippen molar-refractivity contribution in [3.8, 4) is 5.88 Å². The third-order valence-electron chi connectivity index (χ3n) is 2.26. The number of nitrogen functional groups attached to an aromatic ring is 1. The monoisotopic (exact) mass is 208 g/mol. The van der Waals surface area contributed by atoms with Gasteiger partial charge in [0, 0.05) is 12.0 Å². The summed E-state index contributed by atoms with van der Waals surface area (Å²) in [7, 11) is 0. The number of nitrogens with zero attached hydrogens (tertiary/aromatic N) is 2. The first-order chi connectivity index (χ1) is 7.33. The molecule has 1 aromatic heterocycles. The van der Waals surface area contributed by atoms with Crippen molar-refractivity contribution in [3.05, 3.63) is 11.9 Å². The summed E-state index contributed by atoms with van der Waals surface area (Å²) in [4.78, 5) is 8.65. The molecule has 0 bridgehead atoms. The lowest BCUT2D eigenvalue weighted by Gasteiger charge is -2.07. The van der Waals surface area contributed by atoms with Crippen LogP contribution in [0.15, 0.2) is 6.07 Å². The number of aromatic nitrogens is 2. The Hall–Kier alpha value is -1.36. The topological polar surface area (TPSA) is 73.1 Å². The van der Waals surface area contributed by atoms with Crippen molar-refractivity contribution in [1.29, 1.82) is 0 Å². The average molecular weight is 208 g/mol. The molecule has 2 rings (SSSR count). The van der Waals surface area contributed by atoms with Crippen LogP contribution in [0.1, 0.15) is 37.9 Å². The molecule has 0 aliphatic heterocycles. The van der Waals surface area contributed by atoms with E-state index in [4.69, 9.17) is 10.6 Å². The molecule has 0 spiro atoms. The van der Waals surface area contributed by atoms with Gasteiger partial charge in [-0.2, -0.15) is 4.98 Å². The smallest absolute Gasteiger partial charge is 0.218 e. The van der Waals surface area contributed by atoms with Gasteiger partial charge in [0.25, 0.3) is 0 Å². The molecule has 0 radical (unpaired) electrons. The molecular weight excluding hydrogens is 192 g/mol. The lowest BCUT2D eigenvalue weighted by molar-refractivity contribution is 0.303. The van der Waals surface area contributed by atoms with Gasteiger partial charge in [-0.1, -0.05) is 6.92 Å². The highest BCUT2D eigenvalue weighted by atomic mass is 16.5. The van der Waals surface area contributed by atoms with Crippen LogP contribution in [-0.2, 0) is 0 Å². The molecular formula is C10H16N4O. The predicted molar refractivity (Wildman–Crippen MR) is 57.6 cm³/mol. The minimum atomic E-state index is 0.502. The number of hydrogen-bond acceptors (Lipinski definition) is 5. The van der Waals surface area contributed by atoms with Gasteiger partial charge in [-0.15, -0.1) is 0 Å². The van der Waals surface area contributed by atoms with E-state index in [9.17, 15) is 0 Å². The van der Waals surface area contributed by atoms with Crippen molar-refractivity contribution in [2.75, 3.05) is 12.0 Å². The molecule has 0 amide bonds. The summed E-state index contributed by atoms with van der Waals surface area (Å²) >= 11 is 0. The minimum Gasteiger partial charge on any atom is -0.478 e. The standard InChI is InChI=1S/C10H16N4O/c1-2-5-15-9-6-8(14-11)12-10(13-9)7-3-4-7/h6-7H,2-5,11H2,1H3,(H,12,13,14). The van der Waals surface area contributed by atoms with Crippen LogP contribution in [0.3, 0.4) is 0 Å². The molecule has 0 atom stereocenters. The maximum absolute atomic E-state index is 5.47. The molecule has 1 aliphatic rings. The molecule has 82 valence electrons. The number of nitrogens with two attached hydrogens (primary N) is 1. The Morgan fingerprint density at radius 1 is 1.53 bits per heavy atom. The van der Waals surface area contributed by atoms with Crippen molar-refractivity contribution >= 4 is 5.82 Å². The second-order valence-corrected chi connectivity index (χ2v) is 3.72. The average Bonchev–Trinajstić information content (AvgIpc) is 3.09. The fourth-order valence-corrected chi connectivity index (χ4v) is 1.32. The fraction of sp³-hybridized carbons (Fsp3) is 0.600. The SMILES string of the molecule is CCCOc1cc(NN)nc(C2CC2)n1. The number of anilines is 1. The van der Waals surface area contributed by atoms with E-state index >= 15 is 0 Å². The molecule has 0 aromatic carbocycles. The zero-order valence-electron chi connectivity index (χ0n) is 8.86. The van der Waals surface area contributed by atoms with E-state index in [1.54, 1.807) is 6.07 Å². The van der Waals surface area contributed by atoms with Gasteiger partial charge < -0.3 is 10.2 Å². The third kappa shape index (κ3) is 2.56. The first-order valence-electron chi connectivity index (χ1n) is 5.32.